The number of carbonyl (C=O) groups is 1. The highest BCUT2D eigenvalue weighted by Gasteiger charge is 2.04. The number of rotatable bonds is 6. The predicted octanol–water partition coefficient (Wildman–Crippen LogP) is 3.64. The molecule has 1 amide bonds. The Balaban J connectivity index is 1.59. The topological polar surface area (TPSA) is 69.0 Å². The Bertz CT molecular complexity index is 922. The van der Waals surface area contributed by atoms with Gasteiger partial charge in [-0.05, 0) is 29.8 Å². The summed E-state index contributed by atoms with van der Waals surface area (Å²) in [5.41, 5.74) is 2.31. The number of methoxy groups -OCH3 is 1. The van der Waals surface area contributed by atoms with Crippen molar-refractivity contribution in [2.24, 2.45) is 0 Å². The summed E-state index contributed by atoms with van der Waals surface area (Å²) >= 11 is 6.04. The summed E-state index contributed by atoms with van der Waals surface area (Å²) in [7, 11) is 1.53. The molecule has 1 heterocycles. The number of carbonyl (C=O) groups excluding carboxylic acids is 1. The number of nitrogens with one attached hydrogen (secondary N) is 1. The molecule has 6 nitrogen and oxygen atoms in total. The Morgan fingerprint density at radius 3 is 2.81 bits per heavy atom. The Morgan fingerprint density at radius 1 is 1.27 bits per heavy atom. The van der Waals surface area contributed by atoms with Crippen LogP contribution in [0.1, 0.15) is 11.3 Å². The minimum absolute atomic E-state index is 0.288. The highest BCUT2D eigenvalue weighted by Crippen LogP contribution is 2.27. The van der Waals surface area contributed by atoms with E-state index in [4.69, 9.17) is 16.3 Å². The molecule has 0 atom stereocenters. The first-order chi connectivity index (χ1) is 12.6. The van der Waals surface area contributed by atoms with E-state index in [-0.39, 0.29) is 5.91 Å². The Labute approximate surface area is 156 Å². The maximum atomic E-state index is 12.0. The fraction of sp³-hybridized carbons (Fsp3) is 0.105. The summed E-state index contributed by atoms with van der Waals surface area (Å²) in [6.07, 6.45) is 4.78. The van der Waals surface area contributed by atoms with Gasteiger partial charge in [0.25, 0.3) is 0 Å². The lowest BCUT2D eigenvalue weighted by Gasteiger charge is -2.06. The quantitative estimate of drug-likeness (QED) is 0.674. The zero-order valence-electron chi connectivity index (χ0n) is 14.1. The molecule has 0 aliphatic rings. The molecule has 0 fully saturated rings. The van der Waals surface area contributed by atoms with Crippen LogP contribution in [0.4, 0.5) is 5.69 Å². The van der Waals surface area contributed by atoms with Gasteiger partial charge in [0, 0.05) is 11.8 Å². The summed E-state index contributed by atoms with van der Waals surface area (Å²) in [5, 5.41) is 11.3. The van der Waals surface area contributed by atoms with Gasteiger partial charge in [-0.25, -0.2) is 4.68 Å². The number of benzene rings is 2. The molecule has 0 saturated carbocycles. The third kappa shape index (κ3) is 4.70. The van der Waals surface area contributed by atoms with Crippen LogP contribution >= 0.6 is 11.6 Å². The molecular formula is C19H17ClN4O2. The van der Waals surface area contributed by atoms with Gasteiger partial charge in [0.1, 0.15) is 11.4 Å². The molecule has 0 unspecified atom stereocenters. The van der Waals surface area contributed by atoms with Crippen LogP contribution in [0.15, 0.2) is 60.8 Å². The molecule has 132 valence electrons. The molecule has 0 saturated heterocycles. The average molecular weight is 369 g/mol. The second-order valence-electron chi connectivity index (χ2n) is 5.50. The van der Waals surface area contributed by atoms with Gasteiger partial charge in [-0.15, -0.1) is 5.10 Å². The summed E-state index contributed by atoms with van der Waals surface area (Å²) in [5.74, 6) is 0.263. The molecule has 0 bridgehead atoms. The van der Waals surface area contributed by atoms with E-state index in [0.29, 0.717) is 28.7 Å². The molecule has 0 spiro atoms. The standard InChI is InChI=1S/C19H17ClN4O2/c1-26-18-9-7-15(11-17(18)20)21-19(25)10-8-16-13-24(23-22-16)12-14-5-3-2-4-6-14/h2-11,13H,12H2,1H3,(H,21,25)/b10-8+. The second kappa shape index (κ2) is 8.31. The first-order valence-corrected chi connectivity index (χ1v) is 8.28. The zero-order valence-corrected chi connectivity index (χ0v) is 14.8. The maximum absolute atomic E-state index is 12.0. The van der Waals surface area contributed by atoms with Crippen molar-refractivity contribution < 1.29 is 9.53 Å². The van der Waals surface area contributed by atoms with Crippen LogP contribution in [0.25, 0.3) is 6.08 Å². The Kier molecular flexibility index (Phi) is 5.66. The number of anilines is 1. The zero-order chi connectivity index (χ0) is 18.4. The summed E-state index contributed by atoms with van der Waals surface area (Å²) in [6, 6.07) is 15.0. The number of nitrogens with zero attached hydrogens (tertiary/aromatic N) is 3. The van der Waals surface area contributed by atoms with Gasteiger partial charge in [0.2, 0.25) is 5.91 Å². The summed E-state index contributed by atoms with van der Waals surface area (Å²) in [6.45, 7) is 0.623. The van der Waals surface area contributed by atoms with E-state index in [0.717, 1.165) is 5.56 Å². The van der Waals surface area contributed by atoms with Gasteiger partial charge >= 0.3 is 0 Å². The van der Waals surface area contributed by atoms with Crippen LogP contribution in [-0.4, -0.2) is 28.0 Å². The van der Waals surface area contributed by atoms with Crippen LogP contribution in [0.3, 0.4) is 0 Å². The lowest BCUT2D eigenvalue weighted by Crippen LogP contribution is -2.07. The first-order valence-electron chi connectivity index (χ1n) is 7.91. The summed E-state index contributed by atoms with van der Waals surface area (Å²) < 4.78 is 6.80. The van der Waals surface area contributed by atoms with Gasteiger partial charge in [-0.3, -0.25) is 4.79 Å². The summed E-state index contributed by atoms with van der Waals surface area (Å²) in [4.78, 5) is 12.0. The van der Waals surface area contributed by atoms with Crippen molar-refractivity contribution in [3.8, 4) is 5.75 Å². The monoisotopic (exact) mass is 368 g/mol. The minimum Gasteiger partial charge on any atom is -0.495 e. The van der Waals surface area contributed by atoms with Crippen molar-refractivity contribution in [3.05, 3.63) is 77.1 Å². The van der Waals surface area contributed by atoms with Crippen LogP contribution in [-0.2, 0) is 11.3 Å². The Morgan fingerprint density at radius 2 is 2.08 bits per heavy atom. The van der Waals surface area contributed by atoms with Crippen molar-refractivity contribution in [2.45, 2.75) is 6.54 Å². The number of amides is 1. The van der Waals surface area contributed by atoms with Gasteiger partial charge in [0.05, 0.1) is 24.9 Å². The molecular weight excluding hydrogens is 352 g/mol. The van der Waals surface area contributed by atoms with Crippen molar-refractivity contribution >= 4 is 29.3 Å². The maximum Gasteiger partial charge on any atom is 0.248 e. The highest BCUT2D eigenvalue weighted by atomic mass is 35.5. The molecule has 3 rings (SSSR count). The highest BCUT2D eigenvalue weighted by molar-refractivity contribution is 6.32. The van der Waals surface area contributed by atoms with Crippen LogP contribution in [0.2, 0.25) is 5.02 Å². The second-order valence-corrected chi connectivity index (χ2v) is 5.91. The average Bonchev–Trinajstić information content (AvgIpc) is 3.08. The predicted molar refractivity (Wildman–Crippen MR) is 101 cm³/mol. The van der Waals surface area contributed by atoms with E-state index in [9.17, 15) is 4.79 Å². The van der Waals surface area contributed by atoms with E-state index in [1.54, 1.807) is 35.2 Å². The number of hydrogen-bond donors (Lipinski definition) is 1. The van der Waals surface area contributed by atoms with Crippen molar-refractivity contribution in [2.75, 3.05) is 12.4 Å². The van der Waals surface area contributed by atoms with Crippen molar-refractivity contribution in [1.82, 2.24) is 15.0 Å². The molecule has 7 heteroatoms. The number of halogens is 1. The van der Waals surface area contributed by atoms with Crippen LogP contribution in [0.5, 0.6) is 5.75 Å². The first kappa shape index (κ1) is 17.7. The van der Waals surface area contributed by atoms with Crippen molar-refractivity contribution in [3.63, 3.8) is 0 Å². The van der Waals surface area contributed by atoms with E-state index < -0.39 is 0 Å². The van der Waals surface area contributed by atoms with Gasteiger partial charge in [-0.2, -0.15) is 0 Å². The smallest absolute Gasteiger partial charge is 0.248 e. The third-order valence-electron chi connectivity index (χ3n) is 3.57. The van der Waals surface area contributed by atoms with E-state index in [2.05, 4.69) is 15.6 Å². The number of ether oxygens (including phenoxy) is 1. The van der Waals surface area contributed by atoms with E-state index in [1.807, 2.05) is 30.3 Å². The molecule has 2 aromatic carbocycles. The van der Waals surface area contributed by atoms with E-state index in [1.165, 1.54) is 13.2 Å². The molecule has 3 aromatic rings. The molecule has 0 aliphatic heterocycles. The SMILES string of the molecule is COc1ccc(NC(=O)/C=C/c2cn(Cc3ccccc3)nn2)cc1Cl. The molecule has 26 heavy (non-hydrogen) atoms. The minimum atomic E-state index is -0.288. The van der Waals surface area contributed by atoms with E-state index >= 15 is 0 Å². The normalized spacial score (nSPS) is 10.8. The van der Waals surface area contributed by atoms with Crippen molar-refractivity contribution in [1.29, 1.82) is 0 Å². The fourth-order valence-corrected chi connectivity index (χ4v) is 2.58. The molecule has 0 radical (unpaired) electrons. The Hall–Kier alpha value is -3.12. The third-order valence-corrected chi connectivity index (χ3v) is 3.86. The lowest BCUT2D eigenvalue weighted by atomic mass is 10.2. The lowest BCUT2D eigenvalue weighted by molar-refractivity contribution is -0.111. The number of hydrogen-bond acceptors (Lipinski definition) is 4. The number of aromatic nitrogens is 3. The molecule has 1 N–H and O–H groups in total. The van der Waals surface area contributed by atoms with Gasteiger partial charge in [0.15, 0.2) is 0 Å². The fourth-order valence-electron chi connectivity index (χ4n) is 2.33. The largest absolute Gasteiger partial charge is 0.495 e. The van der Waals surface area contributed by atoms with Gasteiger partial charge in [-0.1, -0.05) is 47.1 Å². The molecule has 1 aromatic heterocycles. The van der Waals surface area contributed by atoms with Crippen LogP contribution in [0, 0.1) is 0 Å². The van der Waals surface area contributed by atoms with Crippen LogP contribution < -0.4 is 10.1 Å². The molecule has 0 aliphatic carbocycles. The van der Waals surface area contributed by atoms with Gasteiger partial charge < -0.3 is 10.1 Å².